The highest BCUT2D eigenvalue weighted by Crippen LogP contribution is 2.34. The third-order valence-electron chi connectivity index (χ3n) is 4.86. The van der Waals surface area contributed by atoms with Crippen LogP contribution in [0.15, 0.2) is 34.2 Å². The Kier molecular flexibility index (Phi) is 6.48. The average Bonchev–Trinajstić information content (AvgIpc) is 3.26. The van der Waals surface area contributed by atoms with Gasteiger partial charge in [0.1, 0.15) is 5.75 Å². The van der Waals surface area contributed by atoms with E-state index in [2.05, 4.69) is 34.7 Å². The third-order valence-corrected chi connectivity index (χ3v) is 6.25. The van der Waals surface area contributed by atoms with Gasteiger partial charge in [0.2, 0.25) is 0 Å². The van der Waals surface area contributed by atoms with Crippen LogP contribution in [0.5, 0.6) is 5.75 Å². The van der Waals surface area contributed by atoms with Gasteiger partial charge >= 0.3 is 0 Å². The Morgan fingerprint density at radius 1 is 1.40 bits per heavy atom. The van der Waals surface area contributed by atoms with E-state index in [1.165, 1.54) is 17.7 Å². The van der Waals surface area contributed by atoms with Gasteiger partial charge in [0.25, 0.3) is 0 Å². The number of fused-ring (bicyclic) bond motifs is 2. The highest BCUT2D eigenvalue weighted by atomic mass is 32.2. The van der Waals surface area contributed by atoms with Crippen molar-refractivity contribution in [2.75, 3.05) is 26.5 Å². The van der Waals surface area contributed by atoms with E-state index in [1.54, 1.807) is 7.11 Å². The van der Waals surface area contributed by atoms with Crippen molar-refractivity contribution in [1.29, 1.82) is 0 Å². The molecule has 5 nitrogen and oxygen atoms in total. The van der Waals surface area contributed by atoms with E-state index >= 15 is 0 Å². The number of hydrogen-bond acceptors (Lipinski definition) is 4. The molecule has 2 heterocycles. The lowest BCUT2D eigenvalue weighted by atomic mass is 9.96. The van der Waals surface area contributed by atoms with Crippen molar-refractivity contribution in [3.05, 3.63) is 24.3 Å². The smallest absolute Gasteiger partial charge is 0.191 e. The van der Waals surface area contributed by atoms with Gasteiger partial charge in [-0.25, -0.2) is 0 Å². The largest absolute Gasteiger partial charge is 0.496 e. The van der Waals surface area contributed by atoms with Gasteiger partial charge in [0.05, 0.1) is 25.4 Å². The molecule has 4 atom stereocenters. The minimum atomic E-state index is 0.363. The van der Waals surface area contributed by atoms with Crippen LogP contribution in [0.3, 0.4) is 0 Å². The second-order valence-corrected chi connectivity index (χ2v) is 7.94. The van der Waals surface area contributed by atoms with Crippen molar-refractivity contribution in [3.63, 3.8) is 0 Å². The first-order chi connectivity index (χ1) is 12.2. The maximum atomic E-state index is 5.90. The van der Waals surface area contributed by atoms with E-state index in [-0.39, 0.29) is 0 Å². The zero-order valence-electron chi connectivity index (χ0n) is 15.3. The van der Waals surface area contributed by atoms with Crippen LogP contribution in [0, 0.1) is 5.92 Å². The summed E-state index contributed by atoms with van der Waals surface area (Å²) in [4.78, 5) is 5.56. The quantitative estimate of drug-likeness (QED) is 0.443. The Balaban J connectivity index is 1.41. The number of para-hydroxylation sites is 1. The molecule has 138 valence electrons. The summed E-state index contributed by atoms with van der Waals surface area (Å²) >= 11 is 1.84. The zero-order chi connectivity index (χ0) is 17.6. The van der Waals surface area contributed by atoms with Gasteiger partial charge in [-0.05, 0) is 37.3 Å². The molecule has 2 bridgehead atoms. The predicted octanol–water partition coefficient (Wildman–Crippen LogP) is 2.91. The Labute approximate surface area is 155 Å². The highest BCUT2D eigenvalue weighted by molar-refractivity contribution is 7.99. The lowest BCUT2D eigenvalue weighted by Crippen LogP contribution is -2.48. The fourth-order valence-corrected chi connectivity index (χ4v) is 4.51. The van der Waals surface area contributed by atoms with Crippen LogP contribution < -0.4 is 15.4 Å². The normalized spacial score (nSPS) is 26.5. The summed E-state index contributed by atoms with van der Waals surface area (Å²) in [5.41, 5.74) is 0. The van der Waals surface area contributed by atoms with Gasteiger partial charge in [0.15, 0.2) is 5.96 Å². The minimum Gasteiger partial charge on any atom is -0.496 e. The summed E-state index contributed by atoms with van der Waals surface area (Å²) in [6.45, 7) is 3.15. The first kappa shape index (κ1) is 18.4. The molecule has 1 aromatic carbocycles. The molecule has 0 radical (unpaired) electrons. The van der Waals surface area contributed by atoms with E-state index in [0.717, 1.165) is 30.4 Å². The Hall–Kier alpha value is -1.40. The SMILES string of the molecule is CN=C(NCC(C)CSc1ccccc1OC)NC1CC2CCC1O2. The molecular weight excluding hydrogens is 334 g/mol. The number of nitrogens with zero attached hydrogens (tertiary/aromatic N) is 1. The molecule has 2 N–H and O–H groups in total. The monoisotopic (exact) mass is 363 g/mol. The molecule has 2 fully saturated rings. The molecule has 25 heavy (non-hydrogen) atoms. The number of hydrogen-bond donors (Lipinski definition) is 2. The Morgan fingerprint density at radius 2 is 2.24 bits per heavy atom. The first-order valence-corrected chi connectivity index (χ1v) is 10.1. The molecule has 2 saturated heterocycles. The van der Waals surface area contributed by atoms with Gasteiger partial charge in [0, 0.05) is 24.2 Å². The fourth-order valence-electron chi connectivity index (χ4n) is 3.46. The van der Waals surface area contributed by atoms with E-state index in [4.69, 9.17) is 9.47 Å². The highest BCUT2D eigenvalue weighted by Gasteiger charge is 2.41. The van der Waals surface area contributed by atoms with Crippen LogP contribution in [-0.4, -0.2) is 50.7 Å². The first-order valence-electron chi connectivity index (χ1n) is 9.08. The molecule has 4 unspecified atom stereocenters. The van der Waals surface area contributed by atoms with Crippen LogP contribution in [-0.2, 0) is 4.74 Å². The fraction of sp³-hybridized carbons (Fsp3) is 0.632. The molecule has 0 aromatic heterocycles. The summed E-state index contributed by atoms with van der Waals surface area (Å²) in [7, 11) is 3.55. The molecule has 0 saturated carbocycles. The molecule has 6 heteroatoms. The van der Waals surface area contributed by atoms with Crippen molar-refractivity contribution in [2.45, 2.75) is 49.3 Å². The third kappa shape index (κ3) is 4.82. The van der Waals surface area contributed by atoms with Crippen LogP contribution in [0.1, 0.15) is 26.2 Å². The Bertz CT molecular complexity index is 596. The average molecular weight is 364 g/mol. The number of rotatable bonds is 7. The van der Waals surface area contributed by atoms with Crippen LogP contribution in [0.2, 0.25) is 0 Å². The van der Waals surface area contributed by atoms with E-state index < -0.39 is 0 Å². The van der Waals surface area contributed by atoms with Gasteiger partial charge in [-0.1, -0.05) is 19.1 Å². The van der Waals surface area contributed by atoms with Gasteiger partial charge in [-0.3, -0.25) is 4.99 Å². The lowest BCUT2D eigenvalue weighted by Gasteiger charge is -2.23. The maximum Gasteiger partial charge on any atom is 0.191 e. The van der Waals surface area contributed by atoms with Crippen molar-refractivity contribution >= 4 is 17.7 Å². The van der Waals surface area contributed by atoms with Crippen LogP contribution in [0.4, 0.5) is 0 Å². The summed E-state index contributed by atoms with van der Waals surface area (Å²) in [5.74, 6) is 3.38. The number of benzene rings is 1. The maximum absolute atomic E-state index is 5.90. The van der Waals surface area contributed by atoms with E-state index in [0.29, 0.717) is 24.2 Å². The molecule has 2 aliphatic rings. The number of aliphatic imine (C=N–C) groups is 1. The predicted molar refractivity (Wildman–Crippen MR) is 104 cm³/mol. The van der Waals surface area contributed by atoms with Gasteiger partial charge in [-0.2, -0.15) is 0 Å². The number of methoxy groups -OCH3 is 1. The molecule has 3 rings (SSSR count). The summed E-state index contributed by atoms with van der Waals surface area (Å²) in [5, 5.41) is 6.99. The summed E-state index contributed by atoms with van der Waals surface area (Å²) < 4.78 is 11.3. The van der Waals surface area contributed by atoms with Crippen LogP contribution in [0.25, 0.3) is 0 Å². The van der Waals surface area contributed by atoms with Crippen molar-refractivity contribution < 1.29 is 9.47 Å². The lowest BCUT2D eigenvalue weighted by molar-refractivity contribution is 0.0992. The molecule has 1 aromatic rings. The topological polar surface area (TPSA) is 54.9 Å². The number of thioether (sulfide) groups is 1. The van der Waals surface area contributed by atoms with Crippen molar-refractivity contribution in [1.82, 2.24) is 10.6 Å². The number of ether oxygens (including phenoxy) is 2. The standard InChI is InChI=1S/C19H29N3O2S/c1-13(12-25-18-7-5-4-6-17(18)23-3)11-21-19(20-2)22-15-10-14-8-9-16(15)24-14/h4-7,13-16H,8-12H2,1-3H3,(H2,20,21,22). The van der Waals surface area contributed by atoms with Crippen molar-refractivity contribution in [3.8, 4) is 5.75 Å². The van der Waals surface area contributed by atoms with Gasteiger partial charge in [-0.15, -0.1) is 11.8 Å². The van der Waals surface area contributed by atoms with E-state index in [1.807, 2.05) is 30.9 Å². The number of guanidine groups is 1. The summed E-state index contributed by atoms with van der Waals surface area (Å²) in [6, 6.07) is 8.58. The molecule has 0 spiro atoms. The van der Waals surface area contributed by atoms with Crippen molar-refractivity contribution in [2.24, 2.45) is 10.9 Å². The molecule has 2 aliphatic heterocycles. The molecule has 0 amide bonds. The number of nitrogens with one attached hydrogen (secondary N) is 2. The summed E-state index contributed by atoms with van der Waals surface area (Å²) in [6.07, 6.45) is 4.31. The van der Waals surface area contributed by atoms with Gasteiger partial charge < -0.3 is 20.1 Å². The minimum absolute atomic E-state index is 0.363. The second kappa shape index (κ2) is 8.81. The molecular formula is C19H29N3O2S. The van der Waals surface area contributed by atoms with Crippen LogP contribution >= 0.6 is 11.8 Å². The van der Waals surface area contributed by atoms with E-state index in [9.17, 15) is 0 Å². The molecule has 0 aliphatic carbocycles. The zero-order valence-corrected chi connectivity index (χ0v) is 16.1. The second-order valence-electron chi connectivity index (χ2n) is 6.88. The Morgan fingerprint density at radius 3 is 2.92 bits per heavy atom.